The number of carbonyl (C=O) groups is 2. The topological polar surface area (TPSA) is 74.6 Å². The highest BCUT2D eigenvalue weighted by Gasteiger charge is 2.14. The molecule has 0 amide bonds. The van der Waals surface area contributed by atoms with Gasteiger partial charge in [0.25, 0.3) is 0 Å². The Hall–Kier alpha value is -2.04. The number of carboxylic acids is 2. The molecule has 2 aromatic carbocycles. The molecule has 0 unspecified atom stereocenters. The Labute approximate surface area is 136 Å². The van der Waals surface area contributed by atoms with Gasteiger partial charge in [-0.25, -0.2) is 9.59 Å². The van der Waals surface area contributed by atoms with E-state index in [2.05, 4.69) is 0 Å². The van der Waals surface area contributed by atoms with Gasteiger partial charge in [-0.15, -0.1) is 0 Å². The first-order valence-corrected chi connectivity index (χ1v) is 7.17. The van der Waals surface area contributed by atoms with Gasteiger partial charge in [-0.05, 0) is 54.3 Å². The van der Waals surface area contributed by atoms with Crippen LogP contribution >= 0.6 is 23.2 Å². The second-order valence-corrected chi connectivity index (χ2v) is 5.56. The van der Waals surface area contributed by atoms with Crippen LogP contribution in [0.25, 0.3) is 0 Å². The molecule has 2 N–H and O–H groups in total. The Bertz CT molecular complexity index is 741. The molecular weight excluding hydrogens is 327 g/mol. The molecule has 0 heterocycles. The van der Waals surface area contributed by atoms with Gasteiger partial charge < -0.3 is 10.2 Å². The SMILES string of the molecule is O=C(O)c1ccc(CCc2cc(Cl)ccc2Cl)c(C(=O)O)c1. The van der Waals surface area contributed by atoms with Crippen LogP contribution in [0, 0.1) is 0 Å². The minimum absolute atomic E-state index is 0.0157. The first-order valence-electron chi connectivity index (χ1n) is 6.42. The predicted molar refractivity (Wildman–Crippen MR) is 84.2 cm³/mol. The number of hydrogen-bond donors (Lipinski definition) is 2. The highest BCUT2D eigenvalue weighted by Crippen LogP contribution is 2.23. The van der Waals surface area contributed by atoms with Crippen LogP contribution in [-0.2, 0) is 12.8 Å². The maximum atomic E-state index is 11.3. The fourth-order valence-corrected chi connectivity index (χ4v) is 2.54. The first kappa shape index (κ1) is 16.3. The zero-order valence-electron chi connectivity index (χ0n) is 11.3. The summed E-state index contributed by atoms with van der Waals surface area (Å²) in [6.45, 7) is 0. The lowest BCUT2D eigenvalue weighted by Crippen LogP contribution is -2.07. The zero-order chi connectivity index (χ0) is 16.3. The zero-order valence-corrected chi connectivity index (χ0v) is 12.9. The van der Waals surface area contributed by atoms with E-state index in [0.29, 0.717) is 28.5 Å². The van der Waals surface area contributed by atoms with Crippen molar-refractivity contribution in [3.63, 3.8) is 0 Å². The maximum Gasteiger partial charge on any atom is 0.335 e. The molecule has 0 saturated carbocycles. The van der Waals surface area contributed by atoms with Gasteiger partial charge in [0.2, 0.25) is 0 Å². The van der Waals surface area contributed by atoms with Gasteiger partial charge in [0, 0.05) is 10.0 Å². The Morgan fingerprint density at radius 3 is 2.18 bits per heavy atom. The fourth-order valence-electron chi connectivity index (χ4n) is 2.13. The van der Waals surface area contributed by atoms with Crippen LogP contribution in [-0.4, -0.2) is 22.2 Å². The van der Waals surface area contributed by atoms with Gasteiger partial charge in [-0.2, -0.15) is 0 Å². The van der Waals surface area contributed by atoms with E-state index in [0.717, 1.165) is 5.56 Å². The number of benzene rings is 2. The van der Waals surface area contributed by atoms with E-state index < -0.39 is 11.9 Å². The van der Waals surface area contributed by atoms with Crippen molar-refractivity contribution < 1.29 is 19.8 Å². The van der Waals surface area contributed by atoms with Gasteiger partial charge in [-0.3, -0.25) is 0 Å². The summed E-state index contributed by atoms with van der Waals surface area (Å²) in [6, 6.07) is 9.17. The van der Waals surface area contributed by atoms with Crippen LogP contribution < -0.4 is 0 Å². The van der Waals surface area contributed by atoms with E-state index in [9.17, 15) is 14.7 Å². The number of hydrogen-bond acceptors (Lipinski definition) is 2. The Kier molecular flexibility index (Phi) is 5.06. The van der Waals surface area contributed by atoms with Crippen LogP contribution in [0.4, 0.5) is 0 Å². The van der Waals surface area contributed by atoms with Crippen LogP contribution in [0.5, 0.6) is 0 Å². The monoisotopic (exact) mass is 338 g/mol. The van der Waals surface area contributed by atoms with Crippen molar-refractivity contribution >= 4 is 35.1 Å². The van der Waals surface area contributed by atoms with E-state index >= 15 is 0 Å². The largest absolute Gasteiger partial charge is 0.478 e. The third-order valence-corrected chi connectivity index (χ3v) is 3.86. The highest BCUT2D eigenvalue weighted by molar-refractivity contribution is 6.33. The van der Waals surface area contributed by atoms with Crippen LogP contribution in [0.15, 0.2) is 36.4 Å². The second kappa shape index (κ2) is 6.81. The second-order valence-electron chi connectivity index (χ2n) is 4.72. The number of halogens is 2. The van der Waals surface area contributed by atoms with Crippen molar-refractivity contribution in [2.75, 3.05) is 0 Å². The molecule has 2 rings (SSSR count). The first-order chi connectivity index (χ1) is 10.4. The van der Waals surface area contributed by atoms with Gasteiger partial charge in [0.1, 0.15) is 0 Å². The minimum atomic E-state index is -1.16. The quantitative estimate of drug-likeness (QED) is 0.857. The summed E-state index contributed by atoms with van der Waals surface area (Å²) in [5.41, 5.74) is 1.29. The summed E-state index contributed by atoms with van der Waals surface area (Å²) < 4.78 is 0. The van der Waals surface area contributed by atoms with E-state index in [4.69, 9.17) is 28.3 Å². The molecule has 0 spiro atoms. The summed E-state index contributed by atoms with van der Waals surface area (Å²) in [5.74, 6) is -2.32. The third kappa shape index (κ3) is 3.78. The van der Waals surface area contributed by atoms with Gasteiger partial charge in [-0.1, -0.05) is 29.3 Å². The molecule has 0 aliphatic carbocycles. The predicted octanol–water partition coefficient (Wildman–Crippen LogP) is 4.18. The lowest BCUT2D eigenvalue weighted by Gasteiger charge is -2.09. The molecular formula is C16H12Cl2O4. The van der Waals surface area contributed by atoms with Crippen molar-refractivity contribution in [2.45, 2.75) is 12.8 Å². The number of carboxylic acid groups (broad SMARTS) is 2. The average molecular weight is 339 g/mol. The minimum Gasteiger partial charge on any atom is -0.478 e. The van der Waals surface area contributed by atoms with Gasteiger partial charge in [0.15, 0.2) is 0 Å². The molecule has 0 fully saturated rings. The molecule has 0 saturated heterocycles. The average Bonchev–Trinajstić information content (AvgIpc) is 2.47. The van der Waals surface area contributed by atoms with E-state index in [1.807, 2.05) is 0 Å². The normalized spacial score (nSPS) is 10.5. The molecule has 0 radical (unpaired) electrons. The molecule has 0 aromatic heterocycles. The smallest absolute Gasteiger partial charge is 0.335 e. The molecule has 2 aromatic rings. The Morgan fingerprint density at radius 1 is 0.864 bits per heavy atom. The molecule has 0 atom stereocenters. The molecule has 22 heavy (non-hydrogen) atoms. The van der Waals surface area contributed by atoms with Crippen molar-refractivity contribution in [3.8, 4) is 0 Å². The van der Waals surface area contributed by atoms with Gasteiger partial charge in [0.05, 0.1) is 11.1 Å². The van der Waals surface area contributed by atoms with E-state index in [1.165, 1.54) is 18.2 Å². The summed E-state index contributed by atoms with van der Waals surface area (Å²) in [7, 11) is 0. The highest BCUT2D eigenvalue weighted by atomic mass is 35.5. The molecule has 4 nitrogen and oxygen atoms in total. The molecule has 0 bridgehead atoms. The molecule has 114 valence electrons. The standard InChI is InChI=1S/C16H12Cl2O4/c17-12-5-6-14(18)10(7-12)3-1-9-2-4-11(15(19)20)8-13(9)16(21)22/h2,4-8H,1,3H2,(H,19,20)(H,21,22). The van der Waals surface area contributed by atoms with Crippen LogP contribution in [0.1, 0.15) is 31.8 Å². The van der Waals surface area contributed by atoms with Crippen LogP contribution in [0.3, 0.4) is 0 Å². The van der Waals surface area contributed by atoms with Crippen LogP contribution in [0.2, 0.25) is 10.0 Å². The number of rotatable bonds is 5. The van der Waals surface area contributed by atoms with Gasteiger partial charge >= 0.3 is 11.9 Å². The van der Waals surface area contributed by atoms with E-state index in [-0.39, 0.29) is 11.1 Å². The lowest BCUT2D eigenvalue weighted by atomic mass is 9.98. The maximum absolute atomic E-state index is 11.3. The van der Waals surface area contributed by atoms with Crippen molar-refractivity contribution in [1.82, 2.24) is 0 Å². The Morgan fingerprint density at radius 2 is 1.55 bits per heavy atom. The van der Waals surface area contributed by atoms with E-state index in [1.54, 1.807) is 18.2 Å². The number of aryl methyl sites for hydroxylation is 2. The van der Waals surface area contributed by atoms with Crippen molar-refractivity contribution in [3.05, 3.63) is 68.7 Å². The number of aromatic carboxylic acids is 2. The van der Waals surface area contributed by atoms with Crippen molar-refractivity contribution in [1.29, 1.82) is 0 Å². The summed E-state index contributed by atoms with van der Waals surface area (Å²) in [4.78, 5) is 22.2. The third-order valence-electron chi connectivity index (χ3n) is 3.26. The molecule has 6 heteroatoms. The Balaban J connectivity index is 2.27. The fraction of sp³-hybridized carbons (Fsp3) is 0.125. The molecule has 0 aliphatic rings. The van der Waals surface area contributed by atoms with Crippen molar-refractivity contribution in [2.24, 2.45) is 0 Å². The lowest BCUT2D eigenvalue weighted by molar-refractivity contribution is 0.0695. The summed E-state index contributed by atoms with van der Waals surface area (Å²) >= 11 is 12.0. The summed E-state index contributed by atoms with van der Waals surface area (Å²) in [6.07, 6.45) is 0.924. The molecule has 0 aliphatic heterocycles. The summed E-state index contributed by atoms with van der Waals surface area (Å²) in [5, 5.41) is 19.3.